The van der Waals surface area contributed by atoms with Gasteiger partial charge in [-0.05, 0) is 65.3 Å². The zero-order chi connectivity index (χ0) is 18.8. The fraction of sp³-hybridized carbons (Fsp3) is 0.154. The van der Waals surface area contributed by atoms with E-state index in [1.165, 1.54) is 47.6 Å². The number of fused-ring (bicyclic) bond motifs is 5. The van der Waals surface area contributed by atoms with Crippen LogP contribution in [-0.4, -0.2) is 9.97 Å². The first kappa shape index (κ1) is 19.4. The zero-order valence-electron chi connectivity index (χ0n) is 16.2. The Labute approximate surface area is 177 Å². The first-order chi connectivity index (χ1) is 13.9. The molecule has 2 aromatic heterocycles. The minimum Gasteiger partial charge on any atom is -0.262 e. The molecule has 0 saturated heterocycles. The predicted molar refractivity (Wildman–Crippen MR) is 124 cm³/mol. The molecule has 144 valence electrons. The molecule has 0 fully saturated rings. The van der Waals surface area contributed by atoms with Gasteiger partial charge in [-0.3, -0.25) is 9.97 Å². The van der Waals surface area contributed by atoms with Gasteiger partial charge in [0.2, 0.25) is 0 Å². The summed E-state index contributed by atoms with van der Waals surface area (Å²) in [6, 6.07) is 19.2. The molecule has 0 radical (unpaired) electrons. The van der Waals surface area contributed by atoms with Crippen LogP contribution in [0.4, 0.5) is 0 Å². The van der Waals surface area contributed by atoms with Crippen LogP contribution in [0.2, 0.25) is 0 Å². The van der Waals surface area contributed by atoms with Gasteiger partial charge in [-0.15, -0.1) is 12.4 Å². The average Bonchev–Trinajstić information content (AvgIpc) is 2.79. The van der Waals surface area contributed by atoms with E-state index in [0.29, 0.717) is 0 Å². The van der Waals surface area contributed by atoms with Crippen LogP contribution >= 0.6 is 12.4 Å². The van der Waals surface area contributed by atoms with E-state index in [0.717, 1.165) is 10.9 Å². The van der Waals surface area contributed by atoms with E-state index in [1.54, 1.807) is 29.7 Å². The molecule has 0 saturated carbocycles. The zero-order valence-corrected chi connectivity index (χ0v) is 17.0. The summed E-state index contributed by atoms with van der Waals surface area (Å²) in [6.07, 6.45) is 14.9. The second-order valence-corrected chi connectivity index (χ2v) is 7.34. The summed E-state index contributed by atoms with van der Waals surface area (Å²) in [7, 11) is 0. The molecular formula is C26H23ClN2. The first-order valence-corrected chi connectivity index (χ1v) is 9.94. The number of pyridine rings is 2. The van der Waals surface area contributed by atoms with Crippen LogP contribution < -0.4 is 0 Å². The monoisotopic (exact) mass is 398 g/mol. The SMILES string of the molecule is C1=CC2=C(CC1)CCc1c2ccc2ccccc12.Cl.c1cnc2cnccc2c1. The molecule has 0 spiro atoms. The number of aryl methyl sites for hydroxylation is 1. The third-order valence-electron chi connectivity index (χ3n) is 5.69. The highest BCUT2D eigenvalue weighted by molar-refractivity contribution is 5.93. The summed E-state index contributed by atoms with van der Waals surface area (Å²) >= 11 is 0. The predicted octanol–water partition coefficient (Wildman–Crippen LogP) is 6.94. The maximum atomic E-state index is 4.12. The molecule has 0 amide bonds. The Balaban J connectivity index is 0.000000159. The molecule has 0 bridgehead atoms. The average molecular weight is 399 g/mol. The molecule has 2 nitrogen and oxygen atoms in total. The molecule has 3 heteroatoms. The second-order valence-electron chi connectivity index (χ2n) is 7.34. The van der Waals surface area contributed by atoms with Crippen molar-refractivity contribution in [2.24, 2.45) is 0 Å². The van der Waals surface area contributed by atoms with Crippen molar-refractivity contribution in [3.63, 3.8) is 0 Å². The third-order valence-corrected chi connectivity index (χ3v) is 5.69. The van der Waals surface area contributed by atoms with E-state index < -0.39 is 0 Å². The number of halogens is 1. The molecule has 0 atom stereocenters. The van der Waals surface area contributed by atoms with Gasteiger partial charge >= 0.3 is 0 Å². The van der Waals surface area contributed by atoms with Crippen LogP contribution in [0.25, 0.3) is 27.2 Å². The van der Waals surface area contributed by atoms with Gasteiger partial charge in [0.05, 0.1) is 11.7 Å². The highest BCUT2D eigenvalue weighted by atomic mass is 35.5. The largest absolute Gasteiger partial charge is 0.262 e. The van der Waals surface area contributed by atoms with Gasteiger partial charge in [0.25, 0.3) is 0 Å². The molecule has 2 aliphatic carbocycles. The van der Waals surface area contributed by atoms with Gasteiger partial charge in [0.1, 0.15) is 0 Å². The number of allylic oxidation sites excluding steroid dienone is 4. The second kappa shape index (κ2) is 8.59. The summed E-state index contributed by atoms with van der Waals surface area (Å²) in [5.41, 5.74) is 7.16. The lowest BCUT2D eigenvalue weighted by Crippen LogP contribution is -2.06. The normalized spacial score (nSPS) is 14.5. The lowest BCUT2D eigenvalue weighted by molar-refractivity contribution is 0.831. The third kappa shape index (κ3) is 3.81. The van der Waals surface area contributed by atoms with Gasteiger partial charge < -0.3 is 0 Å². The van der Waals surface area contributed by atoms with Gasteiger partial charge in [-0.25, -0.2) is 0 Å². The highest BCUT2D eigenvalue weighted by Gasteiger charge is 2.20. The number of nitrogens with zero attached hydrogens (tertiary/aromatic N) is 2. The molecule has 29 heavy (non-hydrogen) atoms. The minimum absolute atomic E-state index is 0. The molecule has 0 unspecified atom stereocenters. The molecule has 2 aromatic carbocycles. The molecule has 0 aliphatic heterocycles. The van der Waals surface area contributed by atoms with Crippen molar-refractivity contribution in [2.45, 2.75) is 25.7 Å². The van der Waals surface area contributed by atoms with Crippen molar-refractivity contribution >= 4 is 39.7 Å². The highest BCUT2D eigenvalue weighted by Crippen LogP contribution is 2.39. The number of benzene rings is 2. The quantitative estimate of drug-likeness (QED) is 0.320. The van der Waals surface area contributed by atoms with Crippen molar-refractivity contribution in [1.29, 1.82) is 0 Å². The maximum Gasteiger partial charge on any atom is 0.0885 e. The van der Waals surface area contributed by atoms with Crippen molar-refractivity contribution in [3.05, 3.63) is 102 Å². The Morgan fingerprint density at radius 1 is 0.759 bits per heavy atom. The van der Waals surface area contributed by atoms with E-state index in [9.17, 15) is 0 Å². The smallest absolute Gasteiger partial charge is 0.0885 e. The Bertz CT molecular complexity index is 1160. The van der Waals surface area contributed by atoms with Crippen molar-refractivity contribution in [3.8, 4) is 0 Å². The van der Waals surface area contributed by atoms with Crippen LogP contribution in [0.15, 0.2) is 90.9 Å². The fourth-order valence-electron chi connectivity index (χ4n) is 4.30. The summed E-state index contributed by atoms with van der Waals surface area (Å²) < 4.78 is 0. The Kier molecular flexibility index (Phi) is 5.73. The molecule has 2 heterocycles. The Hall–Kier alpha value is -2.97. The molecule has 6 rings (SSSR count). The summed E-state index contributed by atoms with van der Waals surface area (Å²) in [5, 5.41) is 3.96. The lowest BCUT2D eigenvalue weighted by atomic mass is 9.80. The molecule has 4 aromatic rings. The number of hydrogen-bond acceptors (Lipinski definition) is 2. The Morgan fingerprint density at radius 2 is 1.66 bits per heavy atom. The molecule has 2 aliphatic rings. The van der Waals surface area contributed by atoms with Gasteiger partial charge in [-0.2, -0.15) is 0 Å². The summed E-state index contributed by atoms with van der Waals surface area (Å²) in [6.45, 7) is 0. The topological polar surface area (TPSA) is 25.8 Å². The van der Waals surface area contributed by atoms with Crippen LogP contribution in [0.5, 0.6) is 0 Å². The number of hydrogen-bond donors (Lipinski definition) is 0. The van der Waals surface area contributed by atoms with Crippen LogP contribution in [0.3, 0.4) is 0 Å². The number of rotatable bonds is 0. The standard InChI is InChI=1S/C18H16.C8H6N2.ClH/c1-3-7-15-13(5-1)9-11-18-16-8-4-2-6-14(16)10-12-17(15)18;1-2-7-3-5-9-6-8(7)10-4-1;/h1,3-5,7-9,11H,2,6,10,12H2;1-6H;1H. The molecular weight excluding hydrogens is 376 g/mol. The Morgan fingerprint density at radius 3 is 2.59 bits per heavy atom. The molecule has 0 N–H and O–H groups in total. The summed E-state index contributed by atoms with van der Waals surface area (Å²) in [4.78, 5) is 8.07. The van der Waals surface area contributed by atoms with Gasteiger partial charge in [-0.1, -0.05) is 60.2 Å². The van der Waals surface area contributed by atoms with Crippen LogP contribution in [0.1, 0.15) is 30.4 Å². The van der Waals surface area contributed by atoms with E-state index in [1.807, 2.05) is 18.2 Å². The first-order valence-electron chi connectivity index (χ1n) is 9.94. The van der Waals surface area contributed by atoms with E-state index in [4.69, 9.17) is 0 Å². The fourth-order valence-corrected chi connectivity index (χ4v) is 4.30. The summed E-state index contributed by atoms with van der Waals surface area (Å²) in [5.74, 6) is 0. The van der Waals surface area contributed by atoms with Gasteiger partial charge in [0, 0.05) is 17.8 Å². The van der Waals surface area contributed by atoms with Crippen molar-refractivity contribution in [2.75, 3.05) is 0 Å². The van der Waals surface area contributed by atoms with Crippen LogP contribution in [-0.2, 0) is 6.42 Å². The minimum atomic E-state index is 0. The van der Waals surface area contributed by atoms with Crippen LogP contribution in [0, 0.1) is 0 Å². The van der Waals surface area contributed by atoms with Crippen molar-refractivity contribution < 1.29 is 0 Å². The van der Waals surface area contributed by atoms with E-state index in [2.05, 4.69) is 58.5 Å². The maximum absolute atomic E-state index is 4.12. The lowest BCUT2D eigenvalue weighted by Gasteiger charge is -2.25. The number of aromatic nitrogens is 2. The van der Waals surface area contributed by atoms with Gasteiger partial charge in [0.15, 0.2) is 0 Å². The van der Waals surface area contributed by atoms with Crippen molar-refractivity contribution in [1.82, 2.24) is 9.97 Å². The van der Waals surface area contributed by atoms with E-state index in [-0.39, 0.29) is 12.4 Å². The van der Waals surface area contributed by atoms with E-state index >= 15 is 0 Å².